The highest BCUT2D eigenvalue weighted by atomic mass is 16.2. The lowest BCUT2D eigenvalue weighted by Crippen LogP contribution is -2.71. The minimum absolute atomic E-state index is 0.225. The van der Waals surface area contributed by atoms with Crippen molar-refractivity contribution in [1.29, 1.82) is 0 Å². The lowest BCUT2D eigenvalue weighted by Gasteiger charge is -2.62. The van der Waals surface area contributed by atoms with Crippen LogP contribution in [-0.4, -0.2) is 46.9 Å². The van der Waals surface area contributed by atoms with Gasteiger partial charge in [0.2, 0.25) is 5.91 Å². The highest BCUT2D eigenvalue weighted by Crippen LogP contribution is 2.50. The first-order valence-electron chi connectivity index (χ1n) is 9.32. The van der Waals surface area contributed by atoms with Gasteiger partial charge in [-0.1, -0.05) is 19.8 Å². The van der Waals surface area contributed by atoms with Gasteiger partial charge in [0.1, 0.15) is 0 Å². The minimum Gasteiger partial charge on any atom is -0.339 e. The lowest BCUT2D eigenvalue weighted by molar-refractivity contribution is -0.172. The number of fused-ring (bicyclic) bond motifs is 6. The smallest absolute Gasteiger partial charge is 0.227 e. The molecule has 3 heteroatoms. The summed E-state index contributed by atoms with van der Waals surface area (Å²) in [6.07, 6.45) is 11.4. The van der Waals surface area contributed by atoms with E-state index in [9.17, 15) is 4.79 Å². The summed E-state index contributed by atoms with van der Waals surface area (Å²) >= 11 is 0. The summed E-state index contributed by atoms with van der Waals surface area (Å²) in [6, 6.07) is 0.573. The van der Waals surface area contributed by atoms with Gasteiger partial charge >= 0.3 is 0 Å². The van der Waals surface area contributed by atoms with Crippen LogP contribution in [0.2, 0.25) is 0 Å². The van der Waals surface area contributed by atoms with Crippen LogP contribution in [0.1, 0.15) is 64.7 Å². The largest absolute Gasteiger partial charge is 0.339 e. The molecule has 0 aliphatic carbocycles. The molecule has 0 spiro atoms. The number of hydrogen-bond acceptors (Lipinski definition) is 2. The maximum atomic E-state index is 13.2. The number of carbonyl (C=O) groups is 1. The monoisotopic (exact) mass is 290 g/mol. The number of hydrogen-bond donors (Lipinski definition) is 0. The van der Waals surface area contributed by atoms with Gasteiger partial charge < -0.3 is 4.90 Å². The van der Waals surface area contributed by atoms with Crippen LogP contribution in [0.5, 0.6) is 0 Å². The second-order valence-electron chi connectivity index (χ2n) is 7.90. The predicted octanol–water partition coefficient (Wildman–Crippen LogP) is 3.04. The van der Waals surface area contributed by atoms with Gasteiger partial charge in [-0.3, -0.25) is 9.69 Å². The Labute approximate surface area is 129 Å². The van der Waals surface area contributed by atoms with Crippen molar-refractivity contribution in [3.63, 3.8) is 0 Å². The van der Waals surface area contributed by atoms with Gasteiger partial charge in [0.15, 0.2) is 0 Å². The van der Waals surface area contributed by atoms with Crippen LogP contribution in [0, 0.1) is 11.8 Å². The SMILES string of the molecule is CCC[C@@]12CCCCN1C[C@@H]1C[C@H]2C(=O)N2CCCC[C@@H]12. The van der Waals surface area contributed by atoms with Gasteiger partial charge in [-0.05, 0) is 57.4 Å². The Kier molecular flexibility index (Phi) is 3.52. The molecule has 0 aromatic rings. The fourth-order valence-electron chi connectivity index (χ4n) is 6.08. The van der Waals surface area contributed by atoms with Gasteiger partial charge in [-0.2, -0.15) is 0 Å². The zero-order valence-corrected chi connectivity index (χ0v) is 13.5. The van der Waals surface area contributed by atoms with E-state index in [1.807, 2.05) is 0 Å². The van der Waals surface area contributed by atoms with E-state index < -0.39 is 0 Å². The van der Waals surface area contributed by atoms with Crippen LogP contribution in [0.25, 0.3) is 0 Å². The van der Waals surface area contributed by atoms with Gasteiger partial charge in [0, 0.05) is 24.7 Å². The number of amides is 1. The molecule has 0 N–H and O–H groups in total. The number of nitrogens with zero attached hydrogens (tertiary/aromatic N) is 2. The fourth-order valence-corrected chi connectivity index (χ4v) is 6.08. The number of carbonyl (C=O) groups excluding carboxylic acids is 1. The van der Waals surface area contributed by atoms with E-state index in [0.29, 0.717) is 17.9 Å². The molecule has 21 heavy (non-hydrogen) atoms. The standard InChI is InChI=1S/C18H30N2O/c1-2-8-18-9-4-6-10-19(18)13-14-12-15(18)17(21)20-11-5-3-7-16(14)20/h14-16H,2-13H2,1H3/t14-,15-,16-,18-/m0/s1. The van der Waals surface area contributed by atoms with Gasteiger partial charge in [-0.25, -0.2) is 0 Å². The van der Waals surface area contributed by atoms with Crippen LogP contribution < -0.4 is 0 Å². The molecule has 4 rings (SSSR count). The van der Waals surface area contributed by atoms with Crippen LogP contribution in [-0.2, 0) is 4.79 Å². The van der Waals surface area contributed by atoms with Gasteiger partial charge in [0.05, 0.1) is 5.92 Å². The fraction of sp³-hybridized carbons (Fsp3) is 0.944. The molecule has 4 heterocycles. The van der Waals surface area contributed by atoms with Crippen LogP contribution in [0.15, 0.2) is 0 Å². The van der Waals surface area contributed by atoms with E-state index >= 15 is 0 Å². The van der Waals surface area contributed by atoms with E-state index in [1.165, 1.54) is 70.9 Å². The first-order chi connectivity index (χ1) is 10.3. The molecule has 0 saturated carbocycles. The second kappa shape index (κ2) is 5.26. The van der Waals surface area contributed by atoms with Gasteiger partial charge in [-0.15, -0.1) is 0 Å². The molecule has 4 aliphatic heterocycles. The molecule has 0 radical (unpaired) electrons. The molecule has 1 amide bonds. The summed E-state index contributed by atoms with van der Waals surface area (Å²) < 4.78 is 0. The zero-order chi connectivity index (χ0) is 14.4. The van der Waals surface area contributed by atoms with Crippen LogP contribution in [0.4, 0.5) is 0 Å². The molecule has 0 aromatic heterocycles. The molecule has 4 fully saturated rings. The first kappa shape index (κ1) is 14.0. The van der Waals surface area contributed by atoms with E-state index in [-0.39, 0.29) is 5.54 Å². The van der Waals surface area contributed by atoms with Crippen molar-refractivity contribution in [2.24, 2.45) is 11.8 Å². The third-order valence-corrected chi connectivity index (χ3v) is 6.92. The molecule has 118 valence electrons. The van der Waals surface area contributed by atoms with E-state index in [1.54, 1.807) is 0 Å². The lowest BCUT2D eigenvalue weighted by atomic mass is 9.62. The summed E-state index contributed by atoms with van der Waals surface area (Å²) in [5.41, 5.74) is 0.225. The average Bonchev–Trinajstić information content (AvgIpc) is 2.53. The Morgan fingerprint density at radius 2 is 2.05 bits per heavy atom. The first-order valence-corrected chi connectivity index (χ1v) is 9.32. The summed E-state index contributed by atoms with van der Waals surface area (Å²) in [5.74, 6) is 1.60. The van der Waals surface area contributed by atoms with Crippen LogP contribution >= 0.6 is 0 Å². The third-order valence-electron chi connectivity index (χ3n) is 6.92. The van der Waals surface area contributed by atoms with Crippen LogP contribution in [0.3, 0.4) is 0 Å². The molecule has 2 bridgehead atoms. The van der Waals surface area contributed by atoms with Crippen molar-refractivity contribution in [2.45, 2.75) is 76.3 Å². The molecule has 0 unspecified atom stereocenters. The van der Waals surface area contributed by atoms with Gasteiger partial charge in [0.25, 0.3) is 0 Å². The molecular weight excluding hydrogens is 260 g/mol. The van der Waals surface area contributed by atoms with Crippen molar-refractivity contribution in [3.8, 4) is 0 Å². The summed E-state index contributed by atoms with van der Waals surface area (Å²) in [5, 5.41) is 0. The third kappa shape index (κ3) is 1.99. The van der Waals surface area contributed by atoms with Crippen molar-refractivity contribution in [3.05, 3.63) is 0 Å². The molecule has 4 atom stereocenters. The highest BCUT2D eigenvalue weighted by Gasteiger charge is 2.57. The number of rotatable bonds is 2. The number of piperidine rings is 4. The Morgan fingerprint density at radius 1 is 1.19 bits per heavy atom. The second-order valence-corrected chi connectivity index (χ2v) is 7.90. The van der Waals surface area contributed by atoms with E-state index in [4.69, 9.17) is 0 Å². The van der Waals surface area contributed by atoms with Crippen molar-refractivity contribution >= 4 is 5.91 Å². The molecule has 3 nitrogen and oxygen atoms in total. The summed E-state index contributed by atoms with van der Waals surface area (Å²) in [7, 11) is 0. The predicted molar refractivity (Wildman–Crippen MR) is 84.0 cm³/mol. The Bertz CT molecular complexity index is 419. The quantitative estimate of drug-likeness (QED) is 0.780. The van der Waals surface area contributed by atoms with Crippen molar-refractivity contribution in [2.75, 3.05) is 19.6 Å². The molecule has 4 saturated heterocycles. The highest BCUT2D eigenvalue weighted by molar-refractivity contribution is 5.82. The maximum Gasteiger partial charge on any atom is 0.227 e. The van der Waals surface area contributed by atoms with Crippen molar-refractivity contribution < 1.29 is 4.79 Å². The summed E-state index contributed by atoms with van der Waals surface area (Å²) in [4.78, 5) is 18.3. The molecular formula is C18H30N2O. The maximum absolute atomic E-state index is 13.2. The molecule has 0 aromatic carbocycles. The van der Waals surface area contributed by atoms with Crippen molar-refractivity contribution in [1.82, 2.24) is 9.80 Å². The minimum atomic E-state index is 0.225. The average molecular weight is 290 g/mol. The normalized spacial score (nSPS) is 43.4. The van der Waals surface area contributed by atoms with E-state index in [0.717, 1.165) is 12.5 Å². The van der Waals surface area contributed by atoms with E-state index in [2.05, 4.69) is 16.7 Å². The Morgan fingerprint density at radius 3 is 2.90 bits per heavy atom. The molecule has 4 aliphatic rings. The Balaban J connectivity index is 1.69. The zero-order valence-electron chi connectivity index (χ0n) is 13.5. The Hall–Kier alpha value is -0.570. The topological polar surface area (TPSA) is 23.6 Å². The summed E-state index contributed by atoms with van der Waals surface area (Å²) in [6.45, 7) is 5.85.